The van der Waals surface area contributed by atoms with Crippen LogP contribution in [0.5, 0.6) is 11.5 Å². The van der Waals surface area contributed by atoms with E-state index in [-0.39, 0.29) is 0 Å². The van der Waals surface area contributed by atoms with Gasteiger partial charge in [0.1, 0.15) is 11.5 Å². The van der Waals surface area contributed by atoms with Gasteiger partial charge in [0.05, 0.1) is 14.2 Å². The highest BCUT2D eigenvalue weighted by molar-refractivity contribution is 9.08. The van der Waals surface area contributed by atoms with E-state index in [4.69, 9.17) is 9.47 Å². The van der Waals surface area contributed by atoms with Crippen LogP contribution in [-0.2, 0) is 17.1 Å². The number of rotatable bonds is 6. The van der Waals surface area contributed by atoms with Gasteiger partial charge >= 0.3 is 0 Å². The minimum atomic E-state index is 0.811. The Morgan fingerprint density at radius 3 is 1.95 bits per heavy atom. The lowest BCUT2D eigenvalue weighted by molar-refractivity contribution is 0.391. The van der Waals surface area contributed by atoms with Crippen molar-refractivity contribution in [1.82, 2.24) is 0 Å². The summed E-state index contributed by atoms with van der Waals surface area (Å²) in [5.41, 5.74) is 5.01. The quantitative estimate of drug-likeness (QED) is 0.614. The minimum Gasteiger partial charge on any atom is -0.497 e. The first-order valence-corrected chi connectivity index (χ1v) is 8.89. The Hall–Kier alpha value is -1.00. The first-order chi connectivity index (χ1) is 10.2. The van der Waals surface area contributed by atoms with E-state index in [1.165, 1.54) is 16.7 Å². The molecule has 0 aromatic heterocycles. The predicted molar refractivity (Wildman–Crippen MR) is 94.1 cm³/mol. The number of benzene rings is 2. The maximum absolute atomic E-state index is 5.47. The zero-order valence-electron chi connectivity index (χ0n) is 12.2. The molecule has 0 spiro atoms. The summed E-state index contributed by atoms with van der Waals surface area (Å²) in [5.74, 6) is 1.67. The lowest BCUT2D eigenvalue weighted by Gasteiger charge is -2.12. The Kier molecular flexibility index (Phi) is 6.12. The number of hydrogen-bond donors (Lipinski definition) is 0. The van der Waals surface area contributed by atoms with Crippen LogP contribution < -0.4 is 9.47 Å². The third-order valence-corrected chi connectivity index (χ3v) is 4.60. The summed E-state index contributed by atoms with van der Waals surface area (Å²) in [7, 11) is 3.35. The molecule has 0 aliphatic carbocycles. The van der Waals surface area contributed by atoms with Crippen LogP contribution in [0.1, 0.15) is 22.3 Å². The van der Waals surface area contributed by atoms with Crippen molar-refractivity contribution in [2.75, 3.05) is 14.2 Å². The summed E-state index contributed by atoms with van der Waals surface area (Å²) in [5, 5.41) is 1.72. The number of ether oxygens (including phenoxy) is 2. The summed E-state index contributed by atoms with van der Waals surface area (Å²) in [6, 6.07) is 12.6. The second-order valence-electron chi connectivity index (χ2n) is 4.78. The average molecular weight is 414 g/mol. The van der Waals surface area contributed by atoms with Crippen molar-refractivity contribution >= 4 is 31.9 Å². The SMILES string of the molecule is COc1ccc(Cc2cc(CBr)cc(CBr)c2)c(OC)c1. The van der Waals surface area contributed by atoms with Gasteiger partial charge in [-0.2, -0.15) is 0 Å². The van der Waals surface area contributed by atoms with Crippen LogP contribution in [0, 0.1) is 0 Å². The van der Waals surface area contributed by atoms with Gasteiger partial charge in [0.2, 0.25) is 0 Å². The summed E-state index contributed by atoms with van der Waals surface area (Å²) >= 11 is 7.06. The lowest BCUT2D eigenvalue weighted by Crippen LogP contribution is -1.97. The van der Waals surface area contributed by atoms with Crippen molar-refractivity contribution in [3.63, 3.8) is 0 Å². The smallest absolute Gasteiger partial charge is 0.126 e. The van der Waals surface area contributed by atoms with Gasteiger partial charge in [0.25, 0.3) is 0 Å². The van der Waals surface area contributed by atoms with Crippen LogP contribution >= 0.6 is 31.9 Å². The van der Waals surface area contributed by atoms with Gasteiger partial charge in [-0.1, -0.05) is 56.1 Å². The molecule has 2 aromatic carbocycles. The highest BCUT2D eigenvalue weighted by atomic mass is 79.9. The van der Waals surface area contributed by atoms with Crippen molar-refractivity contribution in [3.05, 3.63) is 58.7 Å². The molecule has 0 saturated carbocycles. The van der Waals surface area contributed by atoms with E-state index in [1.54, 1.807) is 14.2 Å². The molecule has 0 heterocycles. The van der Waals surface area contributed by atoms with E-state index in [9.17, 15) is 0 Å². The Morgan fingerprint density at radius 1 is 0.810 bits per heavy atom. The monoisotopic (exact) mass is 412 g/mol. The van der Waals surface area contributed by atoms with E-state index >= 15 is 0 Å². The van der Waals surface area contributed by atoms with Gasteiger partial charge in [0.15, 0.2) is 0 Å². The van der Waals surface area contributed by atoms with Crippen molar-refractivity contribution < 1.29 is 9.47 Å². The first-order valence-electron chi connectivity index (χ1n) is 6.64. The van der Waals surface area contributed by atoms with Gasteiger partial charge in [0, 0.05) is 23.1 Å². The van der Waals surface area contributed by atoms with Gasteiger partial charge < -0.3 is 9.47 Å². The summed E-state index contributed by atoms with van der Waals surface area (Å²) in [4.78, 5) is 0. The largest absolute Gasteiger partial charge is 0.497 e. The predicted octanol–water partition coefficient (Wildman–Crippen LogP) is 5.08. The zero-order chi connectivity index (χ0) is 15.2. The molecule has 0 aliphatic heterocycles. The topological polar surface area (TPSA) is 18.5 Å². The van der Waals surface area contributed by atoms with Crippen LogP contribution in [0.25, 0.3) is 0 Å². The highest BCUT2D eigenvalue weighted by Gasteiger charge is 2.08. The number of methoxy groups -OCH3 is 2. The zero-order valence-corrected chi connectivity index (χ0v) is 15.3. The first kappa shape index (κ1) is 16.4. The molecule has 0 aliphatic rings. The van der Waals surface area contributed by atoms with E-state index in [0.29, 0.717) is 0 Å². The molecule has 0 amide bonds. The van der Waals surface area contributed by atoms with E-state index in [1.807, 2.05) is 12.1 Å². The molecule has 0 fully saturated rings. The molecular formula is C17H18Br2O2. The van der Waals surface area contributed by atoms with Gasteiger partial charge in [-0.15, -0.1) is 0 Å². The normalized spacial score (nSPS) is 10.5. The Morgan fingerprint density at radius 2 is 1.43 bits per heavy atom. The molecule has 21 heavy (non-hydrogen) atoms. The van der Waals surface area contributed by atoms with Crippen LogP contribution in [0.3, 0.4) is 0 Å². The number of hydrogen-bond acceptors (Lipinski definition) is 2. The second kappa shape index (κ2) is 7.85. The molecule has 0 bridgehead atoms. The van der Waals surface area contributed by atoms with Crippen LogP contribution in [0.2, 0.25) is 0 Å². The minimum absolute atomic E-state index is 0.811. The molecule has 4 heteroatoms. The van der Waals surface area contributed by atoms with Crippen LogP contribution in [0.15, 0.2) is 36.4 Å². The molecule has 0 unspecified atom stereocenters. The molecule has 2 aromatic rings. The van der Waals surface area contributed by atoms with Crippen molar-refractivity contribution in [1.29, 1.82) is 0 Å². The van der Waals surface area contributed by atoms with Crippen LogP contribution in [0.4, 0.5) is 0 Å². The highest BCUT2D eigenvalue weighted by Crippen LogP contribution is 2.27. The molecule has 112 valence electrons. The number of alkyl halides is 2. The third kappa shape index (κ3) is 4.24. The Labute approximate surface area is 142 Å². The molecule has 2 rings (SSSR count). The Bertz CT molecular complexity index is 589. The van der Waals surface area contributed by atoms with Crippen molar-refractivity contribution in [2.45, 2.75) is 17.1 Å². The fraction of sp³-hybridized carbons (Fsp3) is 0.294. The molecule has 2 nitrogen and oxygen atoms in total. The molecular weight excluding hydrogens is 396 g/mol. The molecule has 0 atom stereocenters. The van der Waals surface area contributed by atoms with E-state index in [0.717, 1.165) is 34.1 Å². The average Bonchev–Trinajstić information content (AvgIpc) is 2.54. The fourth-order valence-corrected chi connectivity index (χ4v) is 2.96. The maximum Gasteiger partial charge on any atom is 0.126 e. The summed E-state index contributed by atoms with van der Waals surface area (Å²) in [6.45, 7) is 0. The molecule has 0 N–H and O–H groups in total. The second-order valence-corrected chi connectivity index (χ2v) is 5.90. The summed E-state index contributed by atoms with van der Waals surface area (Å²) in [6.07, 6.45) is 0.841. The fourth-order valence-electron chi connectivity index (χ4n) is 2.31. The number of halogens is 2. The lowest BCUT2D eigenvalue weighted by atomic mass is 10.00. The van der Waals surface area contributed by atoms with Crippen molar-refractivity contribution in [3.8, 4) is 11.5 Å². The maximum atomic E-state index is 5.47. The van der Waals surface area contributed by atoms with Gasteiger partial charge in [-0.3, -0.25) is 0 Å². The van der Waals surface area contributed by atoms with Gasteiger partial charge in [-0.05, 0) is 28.3 Å². The van der Waals surface area contributed by atoms with Crippen molar-refractivity contribution in [2.24, 2.45) is 0 Å². The van der Waals surface area contributed by atoms with E-state index < -0.39 is 0 Å². The Balaban J connectivity index is 2.33. The summed E-state index contributed by atoms with van der Waals surface area (Å²) < 4.78 is 10.7. The van der Waals surface area contributed by atoms with Crippen LogP contribution in [-0.4, -0.2) is 14.2 Å². The standard InChI is InChI=1S/C17H18Br2O2/c1-20-16-4-3-15(17(9-16)21-2)8-12-5-13(10-18)7-14(6-12)11-19/h3-7,9H,8,10-11H2,1-2H3. The third-order valence-electron chi connectivity index (χ3n) is 3.31. The van der Waals surface area contributed by atoms with Gasteiger partial charge in [-0.25, -0.2) is 0 Å². The molecule has 0 radical (unpaired) electrons. The molecule has 0 saturated heterocycles. The van der Waals surface area contributed by atoms with E-state index in [2.05, 4.69) is 56.1 Å².